The van der Waals surface area contributed by atoms with E-state index >= 15 is 0 Å². The van der Waals surface area contributed by atoms with E-state index in [0.717, 1.165) is 6.61 Å². The lowest BCUT2D eigenvalue weighted by Crippen LogP contribution is -2.34. The van der Waals surface area contributed by atoms with Crippen LogP contribution in [0.5, 0.6) is 0 Å². The van der Waals surface area contributed by atoms with Crippen LogP contribution in [0.3, 0.4) is 0 Å². The molecule has 0 aromatic rings. The van der Waals surface area contributed by atoms with Crippen molar-refractivity contribution >= 4 is 0 Å². The second-order valence-corrected chi connectivity index (χ2v) is 3.78. The SMILES string of the molecule is CCCCCCO[N+](C)(C)C. The fraction of sp³-hybridized carbons (Fsp3) is 1.00. The molecule has 0 atom stereocenters. The van der Waals surface area contributed by atoms with E-state index in [1.54, 1.807) is 0 Å². The van der Waals surface area contributed by atoms with E-state index in [2.05, 4.69) is 6.92 Å². The van der Waals surface area contributed by atoms with Crippen LogP contribution in [-0.4, -0.2) is 32.4 Å². The molecule has 2 heteroatoms. The number of hydrogen-bond acceptors (Lipinski definition) is 1. The summed E-state index contributed by atoms with van der Waals surface area (Å²) in [4.78, 5) is 5.51. The average Bonchev–Trinajstić information content (AvgIpc) is 1.85. The summed E-state index contributed by atoms with van der Waals surface area (Å²) >= 11 is 0. The lowest BCUT2D eigenvalue weighted by atomic mass is 10.2. The van der Waals surface area contributed by atoms with Crippen molar-refractivity contribution in [1.82, 2.24) is 0 Å². The largest absolute Gasteiger partial charge is 0.204 e. The van der Waals surface area contributed by atoms with Gasteiger partial charge in [-0.05, 0) is 6.42 Å². The lowest BCUT2D eigenvalue weighted by molar-refractivity contribution is -1.06. The van der Waals surface area contributed by atoms with Crippen molar-refractivity contribution in [2.45, 2.75) is 32.6 Å². The molecule has 0 aliphatic rings. The minimum Gasteiger partial charge on any atom is -0.204 e. The van der Waals surface area contributed by atoms with Crippen LogP contribution in [0.4, 0.5) is 0 Å². The summed E-state index contributed by atoms with van der Waals surface area (Å²) in [6.45, 7) is 3.12. The lowest BCUT2D eigenvalue weighted by Gasteiger charge is -2.20. The molecule has 0 aromatic heterocycles. The van der Waals surface area contributed by atoms with Crippen LogP contribution < -0.4 is 0 Å². The van der Waals surface area contributed by atoms with Crippen molar-refractivity contribution in [2.75, 3.05) is 27.7 Å². The van der Waals surface area contributed by atoms with E-state index < -0.39 is 0 Å². The Morgan fingerprint density at radius 1 is 1.00 bits per heavy atom. The molecule has 0 aliphatic heterocycles. The number of hydrogen-bond donors (Lipinski definition) is 0. The number of nitrogens with zero attached hydrogens (tertiary/aromatic N) is 1. The van der Waals surface area contributed by atoms with Gasteiger partial charge in [-0.15, -0.1) is 0 Å². The second kappa shape index (κ2) is 5.56. The maximum absolute atomic E-state index is 5.51. The van der Waals surface area contributed by atoms with Crippen molar-refractivity contribution in [3.05, 3.63) is 0 Å². The third kappa shape index (κ3) is 9.92. The maximum atomic E-state index is 5.51. The number of hydroxylamine groups is 3. The Morgan fingerprint density at radius 3 is 2.09 bits per heavy atom. The normalized spacial score (nSPS) is 12.0. The molecule has 0 fully saturated rings. The molecule has 11 heavy (non-hydrogen) atoms. The predicted molar refractivity (Wildman–Crippen MR) is 48.1 cm³/mol. The molecule has 0 bridgehead atoms. The minimum absolute atomic E-state index is 0.617. The van der Waals surface area contributed by atoms with Gasteiger partial charge in [-0.25, -0.2) is 4.84 Å². The molecule has 0 amide bonds. The van der Waals surface area contributed by atoms with Crippen LogP contribution in [0.2, 0.25) is 0 Å². The topological polar surface area (TPSA) is 9.23 Å². The van der Waals surface area contributed by atoms with Crippen molar-refractivity contribution in [3.63, 3.8) is 0 Å². The van der Waals surface area contributed by atoms with Crippen molar-refractivity contribution in [1.29, 1.82) is 0 Å². The maximum Gasteiger partial charge on any atom is 0.106 e. The van der Waals surface area contributed by atoms with Gasteiger partial charge in [0.25, 0.3) is 0 Å². The quantitative estimate of drug-likeness (QED) is 0.329. The number of unbranched alkanes of at least 4 members (excludes halogenated alkanes) is 3. The number of rotatable bonds is 6. The summed E-state index contributed by atoms with van der Waals surface area (Å²) < 4.78 is 0.617. The summed E-state index contributed by atoms with van der Waals surface area (Å²) in [6, 6.07) is 0. The Hall–Kier alpha value is -0.0800. The van der Waals surface area contributed by atoms with Crippen molar-refractivity contribution in [2.24, 2.45) is 0 Å². The molecule has 0 aliphatic carbocycles. The van der Waals surface area contributed by atoms with Gasteiger partial charge >= 0.3 is 0 Å². The molecule has 0 spiro atoms. The Bertz CT molecular complexity index is 86.1. The predicted octanol–water partition coefficient (Wildman–Crippen LogP) is 2.20. The molecular formula is C9H22NO+. The van der Waals surface area contributed by atoms with Gasteiger partial charge in [-0.1, -0.05) is 26.2 Å². The van der Waals surface area contributed by atoms with Gasteiger partial charge in [0.1, 0.15) is 6.61 Å². The van der Waals surface area contributed by atoms with Crippen LogP contribution in [0.15, 0.2) is 0 Å². The van der Waals surface area contributed by atoms with E-state index in [1.807, 2.05) is 21.1 Å². The van der Waals surface area contributed by atoms with E-state index in [0.29, 0.717) is 4.65 Å². The standard InChI is InChI=1S/C9H22NO/c1-5-6-7-8-9-11-10(2,3)4/h5-9H2,1-4H3/q+1. The molecule has 0 unspecified atom stereocenters. The highest BCUT2D eigenvalue weighted by atomic mass is 16.7. The monoisotopic (exact) mass is 160 g/mol. The zero-order valence-corrected chi connectivity index (χ0v) is 8.39. The highest BCUT2D eigenvalue weighted by Crippen LogP contribution is 2.01. The Balaban J connectivity index is 3.02. The van der Waals surface area contributed by atoms with Crippen molar-refractivity contribution in [3.8, 4) is 0 Å². The second-order valence-electron chi connectivity index (χ2n) is 3.78. The Labute approximate surface area is 70.7 Å². The van der Waals surface area contributed by atoms with Crippen LogP contribution >= 0.6 is 0 Å². The summed E-state index contributed by atoms with van der Waals surface area (Å²) in [5.74, 6) is 0. The van der Waals surface area contributed by atoms with Gasteiger partial charge in [0.05, 0.1) is 21.1 Å². The first-order valence-electron chi connectivity index (χ1n) is 4.52. The van der Waals surface area contributed by atoms with Gasteiger partial charge in [0.15, 0.2) is 0 Å². The molecule has 0 radical (unpaired) electrons. The van der Waals surface area contributed by atoms with Crippen LogP contribution in [0.1, 0.15) is 32.6 Å². The summed E-state index contributed by atoms with van der Waals surface area (Å²) in [7, 11) is 6.12. The van der Waals surface area contributed by atoms with Gasteiger partial charge in [0.2, 0.25) is 0 Å². The molecule has 0 rings (SSSR count). The Kier molecular flexibility index (Phi) is 5.51. The zero-order chi connectivity index (χ0) is 8.74. The molecule has 0 saturated heterocycles. The van der Waals surface area contributed by atoms with Gasteiger partial charge < -0.3 is 0 Å². The summed E-state index contributed by atoms with van der Waals surface area (Å²) in [5.41, 5.74) is 0. The molecule has 2 nitrogen and oxygen atoms in total. The zero-order valence-electron chi connectivity index (χ0n) is 8.39. The van der Waals surface area contributed by atoms with Crippen molar-refractivity contribution < 1.29 is 9.48 Å². The molecule has 0 heterocycles. The van der Waals surface area contributed by atoms with Gasteiger partial charge in [0, 0.05) is 0 Å². The molecule has 0 aromatic carbocycles. The van der Waals surface area contributed by atoms with E-state index in [1.165, 1.54) is 25.7 Å². The summed E-state index contributed by atoms with van der Waals surface area (Å²) in [5, 5.41) is 0. The Morgan fingerprint density at radius 2 is 1.64 bits per heavy atom. The fourth-order valence-electron chi connectivity index (χ4n) is 0.867. The van der Waals surface area contributed by atoms with E-state index in [9.17, 15) is 0 Å². The molecule has 68 valence electrons. The minimum atomic E-state index is 0.617. The van der Waals surface area contributed by atoms with Crippen LogP contribution in [0, 0.1) is 0 Å². The molecule has 0 saturated carbocycles. The third-order valence-electron chi connectivity index (χ3n) is 1.48. The van der Waals surface area contributed by atoms with Crippen LogP contribution in [0.25, 0.3) is 0 Å². The van der Waals surface area contributed by atoms with E-state index in [-0.39, 0.29) is 0 Å². The third-order valence-corrected chi connectivity index (χ3v) is 1.48. The van der Waals surface area contributed by atoms with Gasteiger partial charge in [-0.3, -0.25) is 0 Å². The highest BCUT2D eigenvalue weighted by molar-refractivity contribution is 4.36. The fourth-order valence-corrected chi connectivity index (χ4v) is 0.867. The molecular weight excluding hydrogens is 138 g/mol. The average molecular weight is 160 g/mol. The summed E-state index contributed by atoms with van der Waals surface area (Å²) in [6.07, 6.45) is 5.13. The van der Waals surface area contributed by atoms with E-state index in [4.69, 9.17) is 4.84 Å². The first-order chi connectivity index (χ1) is 5.06. The van der Waals surface area contributed by atoms with Gasteiger partial charge in [-0.2, -0.15) is 4.65 Å². The van der Waals surface area contributed by atoms with Crippen LogP contribution in [-0.2, 0) is 4.84 Å². The number of quaternary nitrogens is 1. The first kappa shape index (κ1) is 10.9. The highest BCUT2D eigenvalue weighted by Gasteiger charge is 2.05. The first-order valence-corrected chi connectivity index (χ1v) is 4.52. The molecule has 0 N–H and O–H groups in total. The smallest absolute Gasteiger partial charge is 0.106 e.